The third-order valence-corrected chi connectivity index (χ3v) is 6.16. The van der Waals surface area contributed by atoms with Crippen molar-refractivity contribution in [3.8, 4) is 0 Å². The predicted molar refractivity (Wildman–Crippen MR) is 134 cm³/mol. The van der Waals surface area contributed by atoms with Crippen LogP contribution in [0.1, 0.15) is 59.6 Å². The zero-order valence-corrected chi connectivity index (χ0v) is 21.7. The monoisotopic (exact) mass is 521 g/mol. The average Bonchev–Trinajstić information content (AvgIpc) is 2.80. The molecule has 1 aromatic carbocycles. The maximum Gasteiger partial charge on any atom is 0.342 e. The number of urea groups is 1. The van der Waals surface area contributed by atoms with Gasteiger partial charge in [0.15, 0.2) is 0 Å². The van der Waals surface area contributed by atoms with Crippen molar-refractivity contribution in [2.75, 3.05) is 31.6 Å². The summed E-state index contributed by atoms with van der Waals surface area (Å²) in [6, 6.07) is 4.21. The molecule has 3 amide bonds. The van der Waals surface area contributed by atoms with E-state index in [2.05, 4.69) is 15.3 Å². The minimum Gasteiger partial charge on any atom is -0.462 e. The molecule has 3 rings (SSSR count). The van der Waals surface area contributed by atoms with Crippen molar-refractivity contribution in [3.63, 3.8) is 0 Å². The molecule has 0 bridgehead atoms. The second-order valence-electron chi connectivity index (χ2n) is 8.26. The smallest absolute Gasteiger partial charge is 0.342 e. The summed E-state index contributed by atoms with van der Waals surface area (Å²) in [6.07, 6.45) is 1.27. The van der Waals surface area contributed by atoms with Crippen molar-refractivity contribution in [2.24, 2.45) is 0 Å². The standard InChI is InChI=1S/C24H29Cl2N5O4/c1-5-7-19-20(23(33)35-6-2)21(28-15(4)27-19)22(32)30-10-11-31(14(3)13-30)24(34)29-18-9-8-16(25)12-17(18)26/h8-9,12,14H,5-7,10-11,13H2,1-4H3,(H,29,34). The van der Waals surface area contributed by atoms with Crippen LogP contribution in [-0.2, 0) is 11.2 Å². The number of amides is 3. The predicted octanol–water partition coefficient (Wildman–Crippen LogP) is 4.60. The van der Waals surface area contributed by atoms with Gasteiger partial charge in [0, 0.05) is 30.7 Å². The number of carbonyl (C=O) groups excluding carboxylic acids is 3. The highest BCUT2D eigenvalue weighted by Gasteiger charge is 2.34. The molecule has 11 heteroatoms. The first-order valence-corrected chi connectivity index (χ1v) is 12.3. The number of esters is 1. The quantitative estimate of drug-likeness (QED) is 0.556. The molecule has 1 aromatic heterocycles. The maximum atomic E-state index is 13.5. The lowest BCUT2D eigenvalue weighted by molar-refractivity contribution is 0.0502. The first-order valence-electron chi connectivity index (χ1n) is 11.5. The Bertz CT molecular complexity index is 1130. The van der Waals surface area contributed by atoms with Crippen LogP contribution in [-0.4, -0.2) is 70.0 Å². The van der Waals surface area contributed by atoms with Crippen molar-refractivity contribution in [1.29, 1.82) is 0 Å². The molecule has 1 fully saturated rings. The van der Waals surface area contributed by atoms with E-state index in [0.29, 0.717) is 40.2 Å². The minimum atomic E-state index is -0.606. The van der Waals surface area contributed by atoms with Crippen LogP contribution in [0.15, 0.2) is 18.2 Å². The molecule has 0 aliphatic carbocycles. The van der Waals surface area contributed by atoms with Crippen LogP contribution in [0.2, 0.25) is 10.0 Å². The molecule has 0 spiro atoms. The maximum absolute atomic E-state index is 13.5. The van der Waals surface area contributed by atoms with Gasteiger partial charge < -0.3 is 19.9 Å². The van der Waals surface area contributed by atoms with Gasteiger partial charge >= 0.3 is 12.0 Å². The highest BCUT2D eigenvalue weighted by Crippen LogP contribution is 2.26. The first kappa shape index (κ1) is 26.7. The van der Waals surface area contributed by atoms with Crippen molar-refractivity contribution >= 4 is 46.8 Å². The van der Waals surface area contributed by atoms with E-state index in [0.717, 1.165) is 6.42 Å². The van der Waals surface area contributed by atoms with Crippen LogP contribution in [0.3, 0.4) is 0 Å². The molecule has 1 N–H and O–H groups in total. The number of hydrogen-bond donors (Lipinski definition) is 1. The fourth-order valence-electron chi connectivity index (χ4n) is 3.99. The van der Waals surface area contributed by atoms with Crippen LogP contribution in [0.5, 0.6) is 0 Å². The molecule has 1 saturated heterocycles. The number of aryl methyl sites for hydroxylation is 2. The summed E-state index contributed by atoms with van der Waals surface area (Å²) in [5, 5.41) is 3.60. The Morgan fingerprint density at radius 3 is 2.54 bits per heavy atom. The van der Waals surface area contributed by atoms with E-state index >= 15 is 0 Å². The molecule has 1 aliphatic heterocycles. The summed E-state index contributed by atoms with van der Waals surface area (Å²) >= 11 is 12.1. The van der Waals surface area contributed by atoms with E-state index in [9.17, 15) is 14.4 Å². The number of anilines is 1. The van der Waals surface area contributed by atoms with Gasteiger partial charge in [-0.3, -0.25) is 4.79 Å². The molecule has 2 aromatic rings. The third-order valence-electron chi connectivity index (χ3n) is 5.61. The number of carbonyl (C=O) groups is 3. The molecular formula is C24H29Cl2N5O4. The van der Waals surface area contributed by atoms with Gasteiger partial charge in [-0.2, -0.15) is 0 Å². The van der Waals surface area contributed by atoms with Crippen molar-refractivity contribution in [1.82, 2.24) is 19.8 Å². The number of halogens is 2. The molecule has 35 heavy (non-hydrogen) atoms. The number of benzene rings is 1. The number of ether oxygens (including phenoxy) is 1. The highest BCUT2D eigenvalue weighted by atomic mass is 35.5. The number of nitrogens with one attached hydrogen (secondary N) is 1. The SMILES string of the molecule is CCCc1nc(C)nc(C(=O)N2CCN(C(=O)Nc3ccc(Cl)cc3Cl)C(C)C2)c1C(=O)OCC. The second kappa shape index (κ2) is 11.7. The molecule has 188 valence electrons. The van der Waals surface area contributed by atoms with Gasteiger partial charge in [-0.15, -0.1) is 0 Å². The molecule has 1 aliphatic rings. The number of nitrogens with zero attached hydrogens (tertiary/aromatic N) is 4. The molecule has 9 nitrogen and oxygen atoms in total. The van der Waals surface area contributed by atoms with E-state index in [1.165, 1.54) is 0 Å². The van der Waals surface area contributed by atoms with Crippen LogP contribution in [0.25, 0.3) is 0 Å². The van der Waals surface area contributed by atoms with E-state index in [-0.39, 0.29) is 48.9 Å². The van der Waals surface area contributed by atoms with Crippen LogP contribution in [0.4, 0.5) is 10.5 Å². The minimum absolute atomic E-state index is 0.0393. The van der Waals surface area contributed by atoms with Gasteiger partial charge in [0.1, 0.15) is 17.1 Å². The average molecular weight is 522 g/mol. The Morgan fingerprint density at radius 2 is 1.91 bits per heavy atom. The Balaban J connectivity index is 1.79. The second-order valence-corrected chi connectivity index (χ2v) is 9.10. The van der Waals surface area contributed by atoms with E-state index in [1.807, 2.05) is 13.8 Å². The molecule has 1 unspecified atom stereocenters. The fraction of sp³-hybridized carbons (Fsp3) is 0.458. The number of hydrogen-bond acceptors (Lipinski definition) is 6. The van der Waals surface area contributed by atoms with E-state index in [4.69, 9.17) is 27.9 Å². The molecule has 2 heterocycles. The van der Waals surface area contributed by atoms with E-state index < -0.39 is 5.97 Å². The van der Waals surface area contributed by atoms with Gasteiger partial charge in [0.25, 0.3) is 5.91 Å². The van der Waals surface area contributed by atoms with Crippen LogP contribution < -0.4 is 5.32 Å². The van der Waals surface area contributed by atoms with Crippen LogP contribution >= 0.6 is 23.2 Å². The topological polar surface area (TPSA) is 105 Å². The molecule has 0 saturated carbocycles. The number of aromatic nitrogens is 2. The summed E-state index contributed by atoms with van der Waals surface area (Å²) in [4.78, 5) is 51.1. The van der Waals surface area contributed by atoms with Gasteiger partial charge in [0.2, 0.25) is 0 Å². The summed E-state index contributed by atoms with van der Waals surface area (Å²) in [6.45, 7) is 8.24. The normalized spacial score (nSPS) is 15.7. The lowest BCUT2D eigenvalue weighted by Crippen LogP contribution is -2.56. The van der Waals surface area contributed by atoms with Gasteiger partial charge in [-0.1, -0.05) is 36.5 Å². The van der Waals surface area contributed by atoms with Gasteiger partial charge in [-0.25, -0.2) is 19.6 Å². The molecule has 1 atom stereocenters. The van der Waals surface area contributed by atoms with Crippen LogP contribution in [0, 0.1) is 6.92 Å². The first-order chi connectivity index (χ1) is 16.7. The Labute approximate surface area is 214 Å². The number of rotatable bonds is 6. The zero-order chi connectivity index (χ0) is 25.7. The van der Waals surface area contributed by atoms with Gasteiger partial charge in [0.05, 0.1) is 23.0 Å². The summed E-state index contributed by atoms with van der Waals surface area (Å²) < 4.78 is 5.21. The van der Waals surface area contributed by atoms with Crippen molar-refractivity contribution in [2.45, 2.75) is 46.6 Å². The summed E-state index contributed by atoms with van der Waals surface area (Å²) in [5.41, 5.74) is 1.12. The third kappa shape index (κ3) is 6.21. The lowest BCUT2D eigenvalue weighted by atomic mass is 10.1. The Hall–Kier alpha value is -2.91. The fourth-order valence-corrected chi connectivity index (χ4v) is 4.45. The van der Waals surface area contributed by atoms with Gasteiger partial charge in [-0.05, 0) is 45.4 Å². The zero-order valence-electron chi connectivity index (χ0n) is 20.2. The summed E-state index contributed by atoms with van der Waals surface area (Å²) in [7, 11) is 0. The Morgan fingerprint density at radius 1 is 1.17 bits per heavy atom. The number of piperazine rings is 1. The molecular weight excluding hydrogens is 493 g/mol. The summed E-state index contributed by atoms with van der Waals surface area (Å²) in [5.74, 6) is -0.579. The largest absolute Gasteiger partial charge is 0.462 e. The van der Waals surface area contributed by atoms with E-state index in [1.54, 1.807) is 41.8 Å². The highest BCUT2D eigenvalue weighted by molar-refractivity contribution is 6.36. The lowest BCUT2D eigenvalue weighted by Gasteiger charge is -2.39. The molecule has 0 radical (unpaired) electrons. The Kier molecular flexibility index (Phi) is 8.91. The van der Waals surface area contributed by atoms with Crippen molar-refractivity contribution in [3.05, 3.63) is 51.0 Å². The van der Waals surface area contributed by atoms with Crippen molar-refractivity contribution < 1.29 is 19.1 Å².